The lowest BCUT2D eigenvalue weighted by Crippen LogP contribution is -2.40. The molecule has 0 radical (unpaired) electrons. The van der Waals surface area contributed by atoms with Crippen molar-refractivity contribution < 1.29 is 17.6 Å². The third-order valence-electron chi connectivity index (χ3n) is 5.85. The van der Waals surface area contributed by atoms with Gasteiger partial charge in [0.1, 0.15) is 5.82 Å². The largest absolute Gasteiger partial charge is 0.327 e. The average Bonchev–Trinajstić information content (AvgIpc) is 3.28. The molecule has 168 valence electrons. The molecule has 5 nitrogen and oxygen atoms in total. The second-order valence-electron chi connectivity index (χ2n) is 7.59. The Kier molecular flexibility index (Phi) is 6.46. The summed E-state index contributed by atoms with van der Waals surface area (Å²) in [6, 6.07) is 14.8. The summed E-state index contributed by atoms with van der Waals surface area (Å²) >= 11 is 1.65. The molecule has 0 saturated heterocycles. The van der Waals surface area contributed by atoms with Gasteiger partial charge >= 0.3 is 0 Å². The minimum atomic E-state index is -3.81. The Hall–Kier alpha value is -2.55. The van der Waals surface area contributed by atoms with E-state index in [1.54, 1.807) is 30.1 Å². The van der Waals surface area contributed by atoms with Crippen LogP contribution in [0.1, 0.15) is 46.3 Å². The smallest absolute Gasteiger partial charge is 0.257 e. The molecule has 1 atom stereocenters. The molecule has 1 amide bonds. The maximum absolute atomic E-state index is 14.8. The molecule has 0 aliphatic carbocycles. The van der Waals surface area contributed by atoms with Crippen LogP contribution in [0.3, 0.4) is 0 Å². The van der Waals surface area contributed by atoms with Crippen molar-refractivity contribution in [3.63, 3.8) is 0 Å². The van der Waals surface area contributed by atoms with Gasteiger partial charge in [0, 0.05) is 24.5 Å². The lowest BCUT2D eigenvalue weighted by atomic mass is 9.92. The number of benzene rings is 2. The van der Waals surface area contributed by atoms with E-state index in [1.807, 2.05) is 41.8 Å². The van der Waals surface area contributed by atoms with E-state index >= 15 is 0 Å². The van der Waals surface area contributed by atoms with Crippen LogP contribution >= 0.6 is 11.3 Å². The van der Waals surface area contributed by atoms with Crippen molar-refractivity contribution in [3.05, 3.63) is 87.4 Å². The van der Waals surface area contributed by atoms with Gasteiger partial charge in [-0.15, -0.1) is 11.3 Å². The van der Waals surface area contributed by atoms with Gasteiger partial charge in [0.15, 0.2) is 0 Å². The molecule has 1 unspecified atom stereocenters. The van der Waals surface area contributed by atoms with Crippen molar-refractivity contribution in [1.29, 1.82) is 0 Å². The highest BCUT2D eigenvalue weighted by Crippen LogP contribution is 2.38. The standard InChI is InChI=1S/C24H25FN2O3S2/c1-3-26(4-2)32(29,30)18-10-11-21(25)20(16-18)24(28)27-14-12-22-19(13-15-31-22)23(27)17-8-6-5-7-9-17/h5-11,13,15-16,23H,3-4,12,14H2,1-2H3. The van der Waals surface area contributed by atoms with Gasteiger partial charge < -0.3 is 4.90 Å². The minimum absolute atomic E-state index is 0.0737. The number of halogens is 1. The molecule has 2 aromatic carbocycles. The summed E-state index contributed by atoms with van der Waals surface area (Å²) < 4.78 is 42.0. The van der Waals surface area contributed by atoms with E-state index in [0.29, 0.717) is 26.1 Å². The summed E-state index contributed by atoms with van der Waals surface area (Å²) in [4.78, 5) is 16.4. The Balaban J connectivity index is 1.77. The fraction of sp³-hybridized carbons (Fsp3) is 0.292. The Bertz CT molecular complexity index is 1220. The van der Waals surface area contributed by atoms with Crippen LogP contribution < -0.4 is 0 Å². The monoisotopic (exact) mass is 472 g/mol. The summed E-state index contributed by atoms with van der Waals surface area (Å²) in [7, 11) is -3.81. The molecular weight excluding hydrogens is 447 g/mol. The quantitative estimate of drug-likeness (QED) is 0.522. The number of nitrogens with zero attached hydrogens (tertiary/aromatic N) is 2. The SMILES string of the molecule is CCN(CC)S(=O)(=O)c1ccc(F)c(C(=O)N2CCc3sccc3C2c2ccccc2)c1. The minimum Gasteiger partial charge on any atom is -0.327 e. The molecule has 1 aromatic heterocycles. The van der Waals surface area contributed by atoms with Crippen LogP contribution in [0.2, 0.25) is 0 Å². The Labute approximate surface area is 192 Å². The zero-order valence-electron chi connectivity index (χ0n) is 18.0. The zero-order valence-corrected chi connectivity index (χ0v) is 19.6. The molecular formula is C24H25FN2O3S2. The number of thiophene rings is 1. The molecule has 0 spiro atoms. The lowest BCUT2D eigenvalue weighted by Gasteiger charge is -2.36. The van der Waals surface area contributed by atoms with E-state index in [9.17, 15) is 17.6 Å². The normalized spacial score (nSPS) is 16.2. The van der Waals surface area contributed by atoms with E-state index in [1.165, 1.54) is 21.3 Å². The molecule has 0 N–H and O–H groups in total. The van der Waals surface area contributed by atoms with Gasteiger partial charge in [-0.05, 0) is 47.2 Å². The first-order chi connectivity index (χ1) is 15.4. The molecule has 0 fully saturated rings. The van der Waals surface area contributed by atoms with Crippen molar-refractivity contribution in [2.45, 2.75) is 31.2 Å². The summed E-state index contributed by atoms with van der Waals surface area (Å²) in [5, 5.41) is 2.01. The first-order valence-electron chi connectivity index (χ1n) is 10.6. The Morgan fingerprint density at radius 2 is 1.84 bits per heavy atom. The zero-order chi connectivity index (χ0) is 22.9. The number of rotatable bonds is 6. The molecule has 0 bridgehead atoms. The molecule has 0 saturated carbocycles. The summed E-state index contributed by atoms with van der Waals surface area (Å²) in [5.74, 6) is -1.23. The number of fused-ring (bicyclic) bond motifs is 1. The number of carbonyl (C=O) groups is 1. The molecule has 8 heteroatoms. The van der Waals surface area contributed by atoms with Gasteiger partial charge in [-0.3, -0.25) is 4.79 Å². The van der Waals surface area contributed by atoms with E-state index in [4.69, 9.17) is 0 Å². The van der Waals surface area contributed by atoms with E-state index < -0.39 is 21.7 Å². The van der Waals surface area contributed by atoms with E-state index in [2.05, 4.69) is 0 Å². The second kappa shape index (κ2) is 9.13. The highest BCUT2D eigenvalue weighted by Gasteiger charge is 2.35. The average molecular weight is 473 g/mol. The predicted octanol–water partition coefficient (Wildman–Crippen LogP) is 4.71. The third-order valence-corrected chi connectivity index (χ3v) is 8.90. The van der Waals surface area contributed by atoms with Crippen molar-refractivity contribution in [1.82, 2.24) is 9.21 Å². The molecule has 3 aromatic rings. The van der Waals surface area contributed by atoms with Crippen LogP contribution in [-0.2, 0) is 16.4 Å². The van der Waals surface area contributed by atoms with Gasteiger partial charge in [-0.1, -0.05) is 44.2 Å². The molecule has 32 heavy (non-hydrogen) atoms. The van der Waals surface area contributed by atoms with E-state index in [-0.39, 0.29) is 16.5 Å². The summed E-state index contributed by atoms with van der Waals surface area (Å²) in [6.45, 7) is 4.50. The number of carbonyl (C=O) groups excluding carboxylic acids is 1. The summed E-state index contributed by atoms with van der Waals surface area (Å²) in [6.07, 6.45) is 0.682. The fourth-order valence-corrected chi connectivity index (χ4v) is 6.61. The fourth-order valence-electron chi connectivity index (χ4n) is 4.23. The van der Waals surface area contributed by atoms with Crippen LogP contribution in [-0.4, -0.2) is 43.2 Å². The number of hydrogen-bond donors (Lipinski definition) is 0. The Morgan fingerprint density at radius 1 is 1.12 bits per heavy atom. The first-order valence-corrected chi connectivity index (χ1v) is 12.9. The summed E-state index contributed by atoms with van der Waals surface area (Å²) in [5.41, 5.74) is 1.75. The molecule has 1 aliphatic rings. The predicted molar refractivity (Wildman–Crippen MR) is 124 cm³/mol. The topological polar surface area (TPSA) is 57.7 Å². The first kappa shape index (κ1) is 22.6. The van der Waals surface area contributed by atoms with Crippen LogP contribution in [0.15, 0.2) is 64.9 Å². The third kappa shape index (κ3) is 3.98. The maximum atomic E-state index is 14.8. The van der Waals surface area contributed by atoms with Gasteiger partial charge in [0.25, 0.3) is 5.91 Å². The number of sulfonamides is 1. The van der Waals surface area contributed by atoms with Crippen molar-refractivity contribution in [2.75, 3.05) is 19.6 Å². The highest BCUT2D eigenvalue weighted by atomic mass is 32.2. The highest BCUT2D eigenvalue weighted by molar-refractivity contribution is 7.89. The van der Waals surface area contributed by atoms with Gasteiger partial charge in [0.2, 0.25) is 10.0 Å². The van der Waals surface area contributed by atoms with Crippen LogP contribution in [0, 0.1) is 5.82 Å². The van der Waals surface area contributed by atoms with Gasteiger partial charge in [-0.2, -0.15) is 4.31 Å². The van der Waals surface area contributed by atoms with Crippen molar-refractivity contribution >= 4 is 27.3 Å². The number of hydrogen-bond acceptors (Lipinski definition) is 4. The molecule has 4 rings (SSSR count). The molecule has 2 heterocycles. The number of amides is 1. The Morgan fingerprint density at radius 3 is 2.53 bits per heavy atom. The second-order valence-corrected chi connectivity index (χ2v) is 10.5. The van der Waals surface area contributed by atoms with Gasteiger partial charge in [-0.25, -0.2) is 12.8 Å². The van der Waals surface area contributed by atoms with Crippen molar-refractivity contribution in [2.24, 2.45) is 0 Å². The van der Waals surface area contributed by atoms with E-state index in [0.717, 1.165) is 17.2 Å². The molecule has 1 aliphatic heterocycles. The van der Waals surface area contributed by atoms with Crippen LogP contribution in [0.25, 0.3) is 0 Å². The van der Waals surface area contributed by atoms with Crippen molar-refractivity contribution in [3.8, 4) is 0 Å². The maximum Gasteiger partial charge on any atom is 0.257 e. The lowest BCUT2D eigenvalue weighted by molar-refractivity contribution is 0.0691. The van der Waals surface area contributed by atoms with Crippen LogP contribution in [0.4, 0.5) is 4.39 Å². The van der Waals surface area contributed by atoms with Gasteiger partial charge in [0.05, 0.1) is 16.5 Å². The van der Waals surface area contributed by atoms with Crippen LogP contribution in [0.5, 0.6) is 0 Å².